The van der Waals surface area contributed by atoms with Crippen molar-refractivity contribution in [1.29, 1.82) is 0 Å². The van der Waals surface area contributed by atoms with E-state index in [1.807, 2.05) is 5.32 Å². The third kappa shape index (κ3) is 2.89. The second kappa shape index (κ2) is 4.77. The number of rotatable bonds is 3. The second-order valence-corrected chi connectivity index (χ2v) is 4.47. The van der Waals surface area contributed by atoms with Crippen LogP contribution < -0.4 is 5.32 Å². The molecule has 0 heterocycles. The summed E-state index contributed by atoms with van der Waals surface area (Å²) >= 11 is 0. The Morgan fingerprint density at radius 3 is 2.40 bits per heavy atom. The van der Waals surface area contributed by atoms with Crippen molar-refractivity contribution in [3.63, 3.8) is 0 Å². The summed E-state index contributed by atoms with van der Waals surface area (Å²) < 4.78 is 50.7. The molecule has 0 aromatic heterocycles. The van der Waals surface area contributed by atoms with Crippen LogP contribution in [-0.2, 0) is 15.8 Å². The number of carboxylic acid groups (broad SMARTS) is 1. The van der Waals surface area contributed by atoms with Crippen LogP contribution in [-0.4, -0.2) is 17.0 Å². The van der Waals surface area contributed by atoms with Crippen LogP contribution in [0.3, 0.4) is 0 Å². The van der Waals surface area contributed by atoms with Gasteiger partial charge in [-0.05, 0) is 24.6 Å². The Hall–Kier alpha value is -2.12. The van der Waals surface area contributed by atoms with E-state index in [0.717, 1.165) is 0 Å². The molecule has 1 amide bonds. The van der Waals surface area contributed by atoms with Gasteiger partial charge in [0, 0.05) is 0 Å². The lowest BCUT2D eigenvalue weighted by Crippen LogP contribution is -2.18. The quantitative estimate of drug-likeness (QED) is 0.841. The molecule has 108 valence electrons. The maximum absolute atomic E-state index is 13.4. The van der Waals surface area contributed by atoms with E-state index in [0.29, 0.717) is 18.2 Å². The summed E-state index contributed by atoms with van der Waals surface area (Å²) in [6.45, 7) is 0. The average molecular weight is 291 g/mol. The smallest absolute Gasteiger partial charge is 0.416 e. The third-order valence-electron chi connectivity index (χ3n) is 3.00. The molecule has 0 unspecified atom stereocenters. The first kappa shape index (κ1) is 14.3. The molecule has 0 radical (unpaired) electrons. The molecule has 4 nitrogen and oxygen atoms in total. The minimum absolute atomic E-state index is 0.0990. The van der Waals surface area contributed by atoms with Gasteiger partial charge in [-0.25, -0.2) is 4.39 Å². The number of benzene rings is 1. The highest BCUT2D eigenvalue weighted by Gasteiger charge is 2.48. The zero-order valence-electron chi connectivity index (χ0n) is 9.87. The van der Waals surface area contributed by atoms with Crippen molar-refractivity contribution in [1.82, 2.24) is 0 Å². The number of carbonyl (C=O) groups is 2. The lowest BCUT2D eigenvalue weighted by atomic mass is 10.1. The normalized spacial score (nSPS) is 21.4. The average Bonchev–Trinajstić information content (AvgIpc) is 3.10. The predicted molar refractivity (Wildman–Crippen MR) is 59.3 cm³/mol. The minimum atomic E-state index is -4.66. The maximum Gasteiger partial charge on any atom is 0.416 e. The summed E-state index contributed by atoms with van der Waals surface area (Å²) in [5.74, 6) is -4.66. The Bertz CT molecular complexity index is 570. The van der Waals surface area contributed by atoms with Gasteiger partial charge in [-0.2, -0.15) is 13.2 Å². The fraction of sp³-hybridized carbons (Fsp3) is 0.333. The van der Waals surface area contributed by atoms with Crippen molar-refractivity contribution >= 4 is 17.6 Å². The molecule has 0 saturated heterocycles. The van der Waals surface area contributed by atoms with Crippen molar-refractivity contribution in [3.05, 3.63) is 29.6 Å². The van der Waals surface area contributed by atoms with Crippen molar-refractivity contribution < 1.29 is 32.3 Å². The molecule has 2 rings (SSSR count). The fourth-order valence-corrected chi connectivity index (χ4v) is 1.78. The van der Waals surface area contributed by atoms with E-state index in [4.69, 9.17) is 5.11 Å². The van der Waals surface area contributed by atoms with Crippen molar-refractivity contribution in [3.8, 4) is 0 Å². The zero-order chi connectivity index (χ0) is 15.1. The molecule has 1 fully saturated rings. The Labute approximate surface area is 110 Å². The number of hydrogen-bond donors (Lipinski definition) is 2. The molecule has 20 heavy (non-hydrogen) atoms. The first-order chi connectivity index (χ1) is 9.20. The lowest BCUT2D eigenvalue weighted by Gasteiger charge is -2.10. The van der Waals surface area contributed by atoms with Crippen LogP contribution in [0, 0.1) is 17.7 Å². The Kier molecular flexibility index (Phi) is 3.41. The van der Waals surface area contributed by atoms with E-state index in [9.17, 15) is 27.2 Å². The number of anilines is 1. The van der Waals surface area contributed by atoms with Gasteiger partial charge in [0.25, 0.3) is 0 Å². The third-order valence-corrected chi connectivity index (χ3v) is 3.00. The molecule has 0 aliphatic heterocycles. The number of carbonyl (C=O) groups excluding carboxylic acids is 1. The summed E-state index contributed by atoms with van der Waals surface area (Å²) in [7, 11) is 0. The number of aliphatic carboxylic acids is 1. The number of alkyl halides is 3. The number of halogens is 4. The minimum Gasteiger partial charge on any atom is -0.481 e. The van der Waals surface area contributed by atoms with Crippen LogP contribution in [0.2, 0.25) is 0 Å². The van der Waals surface area contributed by atoms with E-state index in [-0.39, 0.29) is 6.42 Å². The highest BCUT2D eigenvalue weighted by atomic mass is 19.4. The fourth-order valence-electron chi connectivity index (χ4n) is 1.78. The lowest BCUT2D eigenvalue weighted by molar-refractivity contribution is -0.139. The van der Waals surface area contributed by atoms with Crippen LogP contribution in [0.25, 0.3) is 0 Å². The van der Waals surface area contributed by atoms with Gasteiger partial charge in [-0.3, -0.25) is 9.59 Å². The van der Waals surface area contributed by atoms with Gasteiger partial charge in [-0.1, -0.05) is 0 Å². The molecule has 0 bridgehead atoms. The molecule has 1 saturated carbocycles. The topological polar surface area (TPSA) is 66.4 Å². The van der Waals surface area contributed by atoms with Gasteiger partial charge in [0.15, 0.2) is 0 Å². The molecule has 1 aliphatic rings. The number of hydrogen-bond acceptors (Lipinski definition) is 2. The van der Waals surface area contributed by atoms with Crippen LogP contribution in [0.15, 0.2) is 18.2 Å². The van der Waals surface area contributed by atoms with Crippen molar-refractivity contribution in [2.24, 2.45) is 11.8 Å². The predicted octanol–water partition coefficient (Wildman–Crippen LogP) is 2.50. The number of amides is 1. The van der Waals surface area contributed by atoms with E-state index in [1.54, 1.807) is 0 Å². The summed E-state index contributed by atoms with van der Waals surface area (Å²) in [4.78, 5) is 22.2. The van der Waals surface area contributed by atoms with Gasteiger partial charge in [-0.15, -0.1) is 0 Å². The van der Waals surface area contributed by atoms with Crippen LogP contribution >= 0.6 is 0 Å². The van der Waals surface area contributed by atoms with Gasteiger partial charge in [0.2, 0.25) is 5.91 Å². The van der Waals surface area contributed by atoms with E-state index >= 15 is 0 Å². The first-order valence-corrected chi connectivity index (χ1v) is 5.60. The van der Waals surface area contributed by atoms with Gasteiger partial charge in [0.1, 0.15) is 5.82 Å². The van der Waals surface area contributed by atoms with Crippen LogP contribution in [0.4, 0.5) is 23.2 Å². The molecule has 2 N–H and O–H groups in total. The monoisotopic (exact) mass is 291 g/mol. The van der Waals surface area contributed by atoms with E-state index in [1.165, 1.54) is 0 Å². The molecule has 1 aliphatic carbocycles. The summed E-state index contributed by atoms with van der Waals surface area (Å²) in [5.41, 5.74) is -1.71. The molecular weight excluding hydrogens is 282 g/mol. The van der Waals surface area contributed by atoms with Gasteiger partial charge in [0.05, 0.1) is 23.1 Å². The Morgan fingerprint density at radius 1 is 1.25 bits per heavy atom. The maximum atomic E-state index is 13.4. The van der Waals surface area contributed by atoms with Gasteiger partial charge >= 0.3 is 12.1 Å². The molecule has 1 aromatic carbocycles. The summed E-state index contributed by atoms with van der Waals surface area (Å²) in [6, 6.07) is 1.63. The molecule has 0 spiro atoms. The molecule has 8 heteroatoms. The van der Waals surface area contributed by atoms with Crippen molar-refractivity contribution in [2.75, 3.05) is 5.32 Å². The Morgan fingerprint density at radius 2 is 1.90 bits per heavy atom. The largest absolute Gasteiger partial charge is 0.481 e. The summed E-state index contributed by atoms with van der Waals surface area (Å²) in [5, 5.41) is 10.6. The summed E-state index contributed by atoms with van der Waals surface area (Å²) in [6.07, 6.45) is -4.56. The highest BCUT2D eigenvalue weighted by Crippen LogP contribution is 2.40. The van der Waals surface area contributed by atoms with Crippen LogP contribution in [0.1, 0.15) is 12.0 Å². The highest BCUT2D eigenvalue weighted by molar-refractivity contribution is 5.98. The SMILES string of the molecule is O=C(O)[C@@H]1C[C@H]1C(=O)Nc1cc(C(F)(F)F)ccc1F. The molecule has 2 atom stereocenters. The first-order valence-electron chi connectivity index (χ1n) is 5.60. The second-order valence-electron chi connectivity index (χ2n) is 4.47. The van der Waals surface area contributed by atoms with Crippen molar-refractivity contribution in [2.45, 2.75) is 12.6 Å². The standard InChI is InChI=1S/C12H9F4NO3/c13-8-2-1-5(12(14,15)16)3-9(8)17-10(18)6-4-7(6)11(19)20/h1-3,6-7H,4H2,(H,17,18)(H,19,20)/t6-,7-/m1/s1. The number of nitrogens with one attached hydrogen (secondary N) is 1. The van der Waals surface area contributed by atoms with E-state index in [2.05, 4.69) is 0 Å². The van der Waals surface area contributed by atoms with E-state index < -0.39 is 47.0 Å². The van der Waals surface area contributed by atoms with Gasteiger partial charge < -0.3 is 10.4 Å². The zero-order valence-corrected chi connectivity index (χ0v) is 9.87. The Balaban J connectivity index is 2.14. The molecule has 1 aromatic rings. The van der Waals surface area contributed by atoms with Crippen LogP contribution in [0.5, 0.6) is 0 Å². The number of carboxylic acids is 1. The molecular formula is C12H9F4NO3.